The van der Waals surface area contributed by atoms with Crippen molar-refractivity contribution in [3.8, 4) is 5.69 Å². The van der Waals surface area contributed by atoms with E-state index >= 15 is 0 Å². The fourth-order valence-corrected chi connectivity index (χ4v) is 3.70. The molecule has 3 nitrogen and oxygen atoms in total. The topological polar surface area (TPSA) is 29.9 Å². The number of fused-ring (bicyclic) bond motifs is 1. The molecule has 2 aromatic carbocycles. The van der Waals surface area contributed by atoms with Gasteiger partial charge in [-0.05, 0) is 49.4 Å². The van der Waals surface area contributed by atoms with Crippen molar-refractivity contribution in [3.05, 3.63) is 83.7 Å². The summed E-state index contributed by atoms with van der Waals surface area (Å²) < 4.78 is 1.94. The van der Waals surface area contributed by atoms with Crippen LogP contribution in [0.25, 0.3) is 5.69 Å². The molecule has 0 amide bonds. The summed E-state index contributed by atoms with van der Waals surface area (Å²) in [6.07, 6.45) is 7.68. The van der Waals surface area contributed by atoms with Crippen LogP contribution in [0.3, 0.4) is 0 Å². The Morgan fingerprint density at radius 3 is 2.75 bits per heavy atom. The van der Waals surface area contributed by atoms with Gasteiger partial charge in [-0.25, -0.2) is 4.68 Å². The first-order chi connectivity index (χ1) is 11.7. The largest absolute Gasteiger partial charge is 0.303 e. The minimum absolute atomic E-state index is 0.0453. The van der Waals surface area contributed by atoms with Gasteiger partial charge in [-0.1, -0.05) is 42.5 Å². The fraction of sp³-hybridized carbons (Fsp3) is 0.286. The molecule has 1 atom stereocenters. The van der Waals surface area contributed by atoms with Crippen molar-refractivity contribution < 1.29 is 0 Å². The van der Waals surface area contributed by atoms with Crippen LogP contribution in [0.15, 0.2) is 67.0 Å². The second-order valence-corrected chi connectivity index (χ2v) is 6.83. The summed E-state index contributed by atoms with van der Waals surface area (Å²) in [6.45, 7) is 3.16. The lowest BCUT2D eigenvalue weighted by Gasteiger charge is -2.37. The Morgan fingerprint density at radius 2 is 1.88 bits per heavy atom. The lowest BCUT2D eigenvalue weighted by Crippen LogP contribution is -2.41. The summed E-state index contributed by atoms with van der Waals surface area (Å²) in [5.74, 6) is 0. The molecule has 0 radical (unpaired) electrons. The molecule has 0 saturated carbocycles. The van der Waals surface area contributed by atoms with E-state index in [4.69, 9.17) is 0 Å². The van der Waals surface area contributed by atoms with Gasteiger partial charge in [0.05, 0.1) is 11.9 Å². The van der Waals surface area contributed by atoms with Crippen LogP contribution in [0, 0.1) is 0 Å². The zero-order valence-corrected chi connectivity index (χ0v) is 14.1. The SMILES string of the molecule is C[C@]1(NCc2cnn(-c3ccccc3)c2)CCCc2ccccc21. The highest BCUT2D eigenvalue weighted by atomic mass is 15.3. The predicted octanol–water partition coefficient (Wildman–Crippen LogP) is 4.21. The zero-order valence-electron chi connectivity index (χ0n) is 14.1. The third-order valence-electron chi connectivity index (χ3n) is 5.07. The number of aryl methyl sites for hydroxylation is 1. The van der Waals surface area contributed by atoms with E-state index in [2.05, 4.69) is 59.9 Å². The number of hydrogen-bond donors (Lipinski definition) is 1. The van der Waals surface area contributed by atoms with Gasteiger partial charge in [0.15, 0.2) is 0 Å². The predicted molar refractivity (Wildman–Crippen MR) is 97.1 cm³/mol. The molecule has 3 aromatic rings. The van der Waals surface area contributed by atoms with Crippen molar-refractivity contribution in [3.63, 3.8) is 0 Å². The average Bonchev–Trinajstić information content (AvgIpc) is 3.11. The van der Waals surface area contributed by atoms with Crippen molar-refractivity contribution in [2.75, 3.05) is 0 Å². The highest BCUT2D eigenvalue weighted by molar-refractivity contribution is 5.36. The normalized spacial score (nSPS) is 19.9. The Hall–Kier alpha value is -2.39. The molecule has 3 heteroatoms. The van der Waals surface area contributed by atoms with Crippen LogP contribution in [-0.2, 0) is 18.5 Å². The fourth-order valence-electron chi connectivity index (χ4n) is 3.70. The maximum Gasteiger partial charge on any atom is 0.0645 e. The summed E-state index contributed by atoms with van der Waals surface area (Å²) >= 11 is 0. The molecule has 1 aromatic heterocycles. The van der Waals surface area contributed by atoms with E-state index in [-0.39, 0.29) is 5.54 Å². The van der Waals surface area contributed by atoms with Gasteiger partial charge in [0.2, 0.25) is 0 Å². The van der Waals surface area contributed by atoms with Crippen LogP contribution in [-0.4, -0.2) is 9.78 Å². The number of nitrogens with zero attached hydrogens (tertiary/aromatic N) is 2. The van der Waals surface area contributed by atoms with Crippen molar-refractivity contribution in [1.82, 2.24) is 15.1 Å². The molecular weight excluding hydrogens is 294 g/mol. The Labute approximate surface area is 143 Å². The monoisotopic (exact) mass is 317 g/mol. The summed E-state index contributed by atoms with van der Waals surface area (Å²) in [5.41, 5.74) is 5.29. The third kappa shape index (κ3) is 2.87. The van der Waals surface area contributed by atoms with Gasteiger partial charge >= 0.3 is 0 Å². The van der Waals surface area contributed by atoms with E-state index in [0.717, 1.165) is 12.2 Å². The van der Waals surface area contributed by atoms with E-state index < -0.39 is 0 Å². The third-order valence-corrected chi connectivity index (χ3v) is 5.07. The van der Waals surface area contributed by atoms with Gasteiger partial charge in [-0.2, -0.15) is 5.10 Å². The Kier molecular flexibility index (Phi) is 3.95. The maximum absolute atomic E-state index is 4.49. The van der Waals surface area contributed by atoms with Gasteiger partial charge in [0.25, 0.3) is 0 Å². The number of aromatic nitrogens is 2. The Bertz CT molecular complexity index is 822. The second-order valence-electron chi connectivity index (χ2n) is 6.83. The number of para-hydroxylation sites is 1. The molecular formula is C21H23N3. The van der Waals surface area contributed by atoms with E-state index in [1.807, 2.05) is 29.1 Å². The Morgan fingerprint density at radius 1 is 1.08 bits per heavy atom. The first-order valence-corrected chi connectivity index (χ1v) is 8.67. The molecule has 0 saturated heterocycles. The van der Waals surface area contributed by atoms with Gasteiger partial charge in [-0.3, -0.25) is 0 Å². The molecule has 0 bridgehead atoms. The lowest BCUT2D eigenvalue weighted by atomic mass is 9.78. The molecule has 1 aliphatic carbocycles. The summed E-state index contributed by atoms with van der Waals surface area (Å²) in [6, 6.07) is 19.1. The standard InChI is InChI=1S/C21H23N3/c1-21(13-7-9-18-8-5-6-12-20(18)21)22-14-17-15-23-24(16-17)19-10-3-2-4-11-19/h2-6,8,10-12,15-16,22H,7,9,13-14H2,1H3/t21-/m0/s1. The molecule has 24 heavy (non-hydrogen) atoms. The molecule has 122 valence electrons. The van der Waals surface area contributed by atoms with Crippen LogP contribution >= 0.6 is 0 Å². The zero-order chi connectivity index (χ0) is 16.4. The second kappa shape index (κ2) is 6.25. The van der Waals surface area contributed by atoms with Crippen molar-refractivity contribution >= 4 is 0 Å². The average molecular weight is 317 g/mol. The van der Waals surface area contributed by atoms with Crippen LogP contribution in [0.5, 0.6) is 0 Å². The molecule has 1 heterocycles. The highest BCUT2D eigenvalue weighted by Gasteiger charge is 2.31. The quantitative estimate of drug-likeness (QED) is 0.781. The molecule has 0 aliphatic heterocycles. The van der Waals surface area contributed by atoms with Crippen LogP contribution in [0.4, 0.5) is 0 Å². The van der Waals surface area contributed by atoms with E-state index in [9.17, 15) is 0 Å². The minimum Gasteiger partial charge on any atom is -0.303 e. The molecule has 1 aliphatic rings. The highest BCUT2D eigenvalue weighted by Crippen LogP contribution is 2.35. The molecule has 0 fully saturated rings. The molecule has 1 N–H and O–H groups in total. The van der Waals surface area contributed by atoms with Crippen molar-refractivity contribution in [1.29, 1.82) is 0 Å². The van der Waals surface area contributed by atoms with Crippen molar-refractivity contribution in [2.45, 2.75) is 38.3 Å². The molecule has 0 unspecified atom stereocenters. The lowest BCUT2D eigenvalue weighted by molar-refractivity contribution is 0.311. The van der Waals surface area contributed by atoms with E-state index in [1.54, 1.807) is 0 Å². The van der Waals surface area contributed by atoms with E-state index in [1.165, 1.54) is 36.0 Å². The summed E-state index contributed by atoms with van der Waals surface area (Å²) in [4.78, 5) is 0. The maximum atomic E-state index is 4.49. The number of benzene rings is 2. The van der Waals surface area contributed by atoms with Crippen molar-refractivity contribution in [2.24, 2.45) is 0 Å². The first kappa shape index (κ1) is 15.2. The molecule has 4 rings (SSSR count). The van der Waals surface area contributed by atoms with Gasteiger partial charge in [0, 0.05) is 23.8 Å². The van der Waals surface area contributed by atoms with Crippen LogP contribution in [0.2, 0.25) is 0 Å². The molecule has 0 spiro atoms. The van der Waals surface area contributed by atoms with Gasteiger partial charge in [-0.15, -0.1) is 0 Å². The summed E-state index contributed by atoms with van der Waals surface area (Å²) in [7, 11) is 0. The summed E-state index contributed by atoms with van der Waals surface area (Å²) in [5, 5.41) is 8.28. The smallest absolute Gasteiger partial charge is 0.0645 e. The van der Waals surface area contributed by atoms with Crippen LogP contribution in [0.1, 0.15) is 36.5 Å². The number of rotatable bonds is 4. The Balaban J connectivity index is 1.51. The van der Waals surface area contributed by atoms with Crippen LogP contribution < -0.4 is 5.32 Å². The number of nitrogens with one attached hydrogen (secondary N) is 1. The van der Waals surface area contributed by atoms with E-state index in [0.29, 0.717) is 0 Å². The van der Waals surface area contributed by atoms with Gasteiger partial charge in [0.1, 0.15) is 0 Å². The number of hydrogen-bond acceptors (Lipinski definition) is 2. The minimum atomic E-state index is 0.0453. The van der Waals surface area contributed by atoms with Gasteiger partial charge < -0.3 is 5.32 Å². The first-order valence-electron chi connectivity index (χ1n) is 8.67.